The predicted molar refractivity (Wildman–Crippen MR) is 165 cm³/mol. The van der Waals surface area contributed by atoms with Gasteiger partial charge in [0.1, 0.15) is 0 Å². The molecule has 7 aromatic rings. The molecular weight excluding hydrogens is 497 g/mol. The van der Waals surface area contributed by atoms with E-state index in [2.05, 4.69) is 133 Å². The molecule has 1 aromatic heterocycles. The molecule has 0 fully saturated rings. The van der Waals surface area contributed by atoms with E-state index in [1.165, 1.54) is 74.5 Å². The highest BCUT2D eigenvalue weighted by molar-refractivity contribution is 7.99. The van der Waals surface area contributed by atoms with Gasteiger partial charge in [-0.1, -0.05) is 115 Å². The number of benzene rings is 6. The minimum Gasteiger partial charge on any atom is -0.135 e. The normalized spacial score (nSPS) is 12.1. The lowest BCUT2D eigenvalue weighted by Crippen LogP contribution is -1.93. The van der Waals surface area contributed by atoms with Crippen molar-refractivity contribution in [2.24, 2.45) is 0 Å². The van der Waals surface area contributed by atoms with E-state index < -0.39 is 0 Å². The fourth-order valence-electron chi connectivity index (χ4n) is 5.75. The SMILES string of the molecule is c1ccc(-c2cccc3ccccc23)c(-c2ccc(-c3ccc4c(c3)-c3cccc5cccc(c35)S4)s2)c1. The van der Waals surface area contributed by atoms with Crippen LogP contribution in [0, 0.1) is 0 Å². The van der Waals surface area contributed by atoms with Crippen LogP contribution in [0.2, 0.25) is 0 Å². The fourth-order valence-corrected chi connectivity index (χ4v) is 7.92. The van der Waals surface area contributed by atoms with Crippen LogP contribution in [0.1, 0.15) is 0 Å². The Labute approximate surface area is 230 Å². The average molecular weight is 519 g/mol. The Hall–Kier alpha value is -4.11. The molecule has 2 heterocycles. The highest BCUT2D eigenvalue weighted by Crippen LogP contribution is 2.49. The van der Waals surface area contributed by atoms with Gasteiger partial charge >= 0.3 is 0 Å². The molecule has 178 valence electrons. The van der Waals surface area contributed by atoms with E-state index in [0.717, 1.165) is 0 Å². The molecule has 1 aliphatic heterocycles. The summed E-state index contributed by atoms with van der Waals surface area (Å²) in [6.45, 7) is 0. The third kappa shape index (κ3) is 3.45. The first-order chi connectivity index (χ1) is 18.8. The van der Waals surface area contributed by atoms with E-state index in [1.807, 2.05) is 23.1 Å². The van der Waals surface area contributed by atoms with Crippen LogP contribution in [0.15, 0.2) is 143 Å². The zero-order chi connectivity index (χ0) is 25.1. The number of rotatable bonds is 3. The molecule has 2 heteroatoms. The summed E-state index contributed by atoms with van der Waals surface area (Å²) >= 11 is 3.76. The summed E-state index contributed by atoms with van der Waals surface area (Å²) in [6.07, 6.45) is 0. The van der Waals surface area contributed by atoms with E-state index in [4.69, 9.17) is 0 Å². The van der Waals surface area contributed by atoms with E-state index in [-0.39, 0.29) is 0 Å². The third-order valence-corrected chi connectivity index (χ3v) is 9.82. The van der Waals surface area contributed by atoms with Crippen molar-refractivity contribution in [1.82, 2.24) is 0 Å². The van der Waals surface area contributed by atoms with Crippen molar-refractivity contribution in [2.75, 3.05) is 0 Å². The smallest absolute Gasteiger partial charge is 0.0355 e. The molecule has 0 atom stereocenters. The number of fused-ring (bicyclic) bond motifs is 3. The van der Waals surface area contributed by atoms with E-state index in [9.17, 15) is 0 Å². The first-order valence-corrected chi connectivity index (χ1v) is 14.5. The van der Waals surface area contributed by atoms with E-state index >= 15 is 0 Å². The van der Waals surface area contributed by atoms with Gasteiger partial charge in [-0.3, -0.25) is 0 Å². The molecule has 6 aromatic carbocycles. The van der Waals surface area contributed by atoms with Crippen molar-refractivity contribution in [3.8, 4) is 43.1 Å². The summed E-state index contributed by atoms with van der Waals surface area (Å²) in [4.78, 5) is 5.27. The second-order valence-corrected chi connectivity index (χ2v) is 11.9. The average Bonchev–Trinajstić information content (AvgIpc) is 3.47. The van der Waals surface area contributed by atoms with E-state index in [1.54, 1.807) is 0 Å². The molecule has 0 bridgehead atoms. The van der Waals surface area contributed by atoms with Crippen molar-refractivity contribution in [3.63, 3.8) is 0 Å². The van der Waals surface area contributed by atoms with Gasteiger partial charge in [-0.05, 0) is 79.9 Å². The zero-order valence-electron chi connectivity index (χ0n) is 20.5. The van der Waals surface area contributed by atoms with Crippen LogP contribution in [0.5, 0.6) is 0 Å². The summed E-state index contributed by atoms with van der Waals surface area (Å²) in [5.41, 5.74) is 7.80. The lowest BCUT2D eigenvalue weighted by atomic mass is 9.94. The molecule has 0 amide bonds. The monoisotopic (exact) mass is 518 g/mol. The first kappa shape index (κ1) is 21.9. The molecular formula is C36H22S2. The Kier molecular flexibility index (Phi) is 5.04. The maximum absolute atomic E-state index is 2.39. The molecule has 0 aliphatic carbocycles. The highest BCUT2D eigenvalue weighted by Gasteiger charge is 2.20. The van der Waals surface area contributed by atoms with Crippen LogP contribution in [0.25, 0.3) is 64.7 Å². The topological polar surface area (TPSA) is 0 Å². The molecule has 0 nitrogen and oxygen atoms in total. The van der Waals surface area contributed by atoms with Gasteiger partial charge < -0.3 is 0 Å². The van der Waals surface area contributed by atoms with Gasteiger partial charge in [0.15, 0.2) is 0 Å². The molecule has 0 radical (unpaired) electrons. The van der Waals surface area contributed by atoms with Gasteiger partial charge in [-0.25, -0.2) is 0 Å². The largest absolute Gasteiger partial charge is 0.135 e. The lowest BCUT2D eigenvalue weighted by Gasteiger charge is -2.20. The number of hydrogen-bond donors (Lipinski definition) is 0. The Bertz CT molecular complexity index is 2000. The summed E-state index contributed by atoms with van der Waals surface area (Å²) in [7, 11) is 0. The molecule has 0 spiro atoms. The first-order valence-electron chi connectivity index (χ1n) is 12.9. The molecule has 38 heavy (non-hydrogen) atoms. The van der Waals surface area contributed by atoms with Crippen molar-refractivity contribution < 1.29 is 0 Å². The summed E-state index contributed by atoms with van der Waals surface area (Å²) < 4.78 is 0. The van der Waals surface area contributed by atoms with Crippen LogP contribution >= 0.6 is 23.1 Å². The van der Waals surface area contributed by atoms with Gasteiger partial charge in [-0.2, -0.15) is 0 Å². The van der Waals surface area contributed by atoms with Crippen molar-refractivity contribution in [2.45, 2.75) is 9.79 Å². The minimum absolute atomic E-state index is 1.27. The van der Waals surface area contributed by atoms with Gasteiger partial charge in [0.25, 0.3) is 0 Å². The predicted octanol–water partition coefficient (Wildman–Crippen LogP) is 11.2. The summed E-state index contributed by atoms with van der Waals surface area (Å²) in [6, 6.07) is 48.9. The Morgan fingerprint density at radius 2 is 1.08 bits per heavy atom. The maximum atomic E-state index is 2.39. The molecule has 1 aliphatic rings. The van der Waals surface area contributed by atoms with E-state index in [0.29, 0.717) is 0 Å². The van der Waals surface area contributed by atoms with Gasteiger partial charge in [0.05, 0.1) is 0 Å². The molecule has 8 rings (SSSR count). The Balaban J connectivity index is 1.23. The van der Waals surface area contributed by atoms with Crippen LogP contribution in [0.4, 0.5) is 0 Å². The van der Waals surface area contributed by atoms with Crippen molar-refractivity contribution in [1.29, 1.82) is 0 Å². The Morgan fingerprint density at radius 3 is 2.00 bits per heavy atom. The fraction of sp³-hybridized carbons (Fsp3) is 0. The van der Waals surface area contributed by atoms with Gasteiger partial charge in [-0.15, -0.1) is 11.3 Å². The standard InChI is InChI=1S/C36H22S2/c1-2-12-26-23(8-1)9-5-15-27(26)28-13-3-4-14-29(28)33-21-20-32(37-33)25-18-19-34-31(22-25)30-16-6-10-24-11-7-17-35(38-34)36(24)30/h1-22H. The summed E-state index contributed by atoms with van der Waals surface area (Å²) in [5.74, 6) is 0. The molecule has 0 N–H and O–H groups in total. The van der Waals surface area contributed by atoms with Crippen molar-refractivity contribution in [3.05, 3.63) is 133 Å². The Morgan fingerprint density at radius 1 is 0.395 bits per heavy atom. The number of hydrogen-bond acceptors (Lipinski definition) is 2. The van der Waals surface area contributed by atoms with Crippen LogP contribution in [-0.2, 0) is 0 Å². The second-order valence-electron chi connectivity index (χ2n) is 9.71. The summed E-state index contributed by atoms with van der Waals surface area (Å²) in [5, 5.41) is 5.25. The van der Waals surface area contributed by atoms with Crippen molar-refractivity contribution >= 4 is 44.6 Å². The molecule has 0 unspecified atom stereocenters. The third-order valence-electron chi connectivity index (χ3n) is 7.52. The molecule has 0 saturated heterocycles. The highest BCUT2D eigenvalue weighted by atomic mass is 32.2. The lowest BCUT2D eigenvalue weighted by molar-refractivity contribution is 1.40. The van der Waals surface area contributed by atoms with Gasteiger partial charge in [0.2, 0.25) is 0 Å². The minimum atomic E-state index is 1.27. The van der Waals surface area contributed by atoms with Crippen LogP contribution in [-0.4, -0.2) is 0 Å². The quantitative estimate of drug-likeness (QED) is 0.224. The second kappa shape index (κ2) is 8.73. The maximum Gasteiger partial charge on any atom is 0.0355 e. The molecule has 0 saturated carbocycles. The van der Waals surface area contributed by atoms with Gasteiger partial charge in [0, 0.05) is 24.9 Å². The zero-order valence-corrected chi connectivity index (χ0v) is 22.2. The van der Waals surface area contributed by atoms with Crippen LogP contribution < -0.4 is 0 Å². The number of thiophene rings is 1. The van der Waals surface area contributed by atoms with Crippen LogP contribution in [0.3, 0.4) is 0 Å².